The number of rotatable bonds is 0. The van der Waals surface area contributed by atoms with E-state index in [2.05, 4.69) is 52.0 Å². The molecule has 0 spiro atoms. The van der Waals surface area contributed by atoms with Crippen LogP contribution in [0.4, 0.5) is 0 Å². The quantitative estimate of drug-likeness (QED) is 0.168. The summed E-state index contributed by atoms with van der Waals surface area (Å²) in [5, 5.41) is 3.21. The van der Waals surface area contributed by atoms with Crippen LogP contribution in [0.1, 0.15) is 83.1 Å². The molecular weight excluding hydrogens is 603 g/mol. The summed E-state index contributed by atoms with van der Waals surface area (Å²) in [5.74, 6) is 0. The maximum Gasteiger partial charge on any atom is 0.180 e. The molecule has 0 amide bonds. The minimum Gasteiger partial charge on any atom is -0.473 e. The summed E-state index contributed by atoms with van der Waals surface area (Å²) < 4.78 is 9.06. The highest BCUT2D eigenvalue weighted by atomic mass is 32.1. The van der Waals surface area contributed by atoms with Crippen molar-refractivity contribution in [2.75, 3.05) is 0 Å². The number of nitrogens with zero attached hydrogens (tertiary/aromatic N) is 3. The van der Waals surface area contributed by atoms with Crippen molar-refractivity contribution in [2.24, 2.45) is 0 Å². The molecule has 47 heavy (non-hydrogen) atoms. The van der Waals surface area contributed by atoms with E-state index in [-0.39, 0.29) is 0 Å². The van der Waals surface area contributed by atoms with Crippen LogP contribution in [0.3, 0.4) is 0 Å². The first kappa shape index (κ1) is 51.9. The molecule has 0 unspecified atom stereocenters. The number of H-pyrrole nitrogens is 2. The Kier molecular flexibility index (Phi) is 62.9. The Morgan fingerprint density at radius 3 is 1.36 bits per heavy atom. The predicted molar refractivity (Wildman–Crippen MR) is 209 cm³/mol. The maximum absolute atomic E-state index is 4.58. The molecular formula is C39H63N5O2S. The average molecular weight is 666 g/mol. The van der Waals surface area contributed by atoms with Gasteiger partial charge in [0.25, 0.3) is 0 Å². The number of thiazole rings is 1. The molecule has 6 aromatic heterocycles. The number of hydrogen-bond acceptors (Lipinski definition) is 6. The van der Waals surface area contributed by atoms with Gasteiger partial charge in [-0.25, -0.2) is 4.98 Å². The number of aromatic amines is 2. The summed E-state index contributed by atoms with van der Waals surface area (Å²) in [5.41, 5.74) is 3.00. The largest absolute Gasteiger partial charge is 0.473 e. The number of pyridine rings is 1. The van der Waals surface area contributed by atoms with Gasteiger partial charge in [0, 0.05) is 48.1 Å². The van der Waals surface area contributed by atoms with Crippen LogP contribution in [0.15, 0.2) is 161 Å². The number of benzene rings is 1. The van der Waals surface area contributed by atoms with Crippen LogP contribution in [0.25, 0.3) is 10.9 Å². The van der Waals surface area contributed by atoms with E-state index in [0.717, 1.165) is 0 Å². The minimum atomic E-state index is 1.21. The normalized spacial score (nSPS) is 7.15. The van der Waals surface area contributed by atoms with Crippen LogP contribution in [0.2, 0.25) is 0 Å². The van der Waals surface area contributed by atoms with Crippen molar-refractivity contribution in [3.63, 3.8) is 0 Å². The molecule has 6 heterocycles. The van der Waals surface area contributed by atoms with Gasteiger partial charge in [-0.15, -0.1) is 11.3 Å². The molecule has 7 rings (SSSR count). The summed E-state index contributed by atoms with van der Waals surface area (Å²) in [6.45, 7) is 24.0. The van der Waals surface area contributed by atoms with E-state index in [1.165, 1.54) is 23.6 Å². The van der Waals surface area contributed by atoms with Crippen molar-refractivity contribution in [3.05, 3.63) is 152 Å². The van der Waals surface area contributed by atoms with Crippen LogP contribution in [-0.2, 0) is 0 Å². The number of oxazole rings is 1. The number of fused-ring (bicyclic) bond motifs is 1. The second-order valence-electron chi connectivity index (χ2n) is 6.12. The minimum absolute atomic E-state index is 1.21. The lowest BCUT2D eigenvalue weighted by molar-refractivity contribution is 0.558. The second-order valence-corrected chi connectivity index (χ2v) is 6.87. The monoisotopic (exact) mass is 665 g/mol. The Labute approximate surface area is 290 Å². The standard InChI is InChI=1S/C8H7N.C5H5N.C4H5N.C4H4O.C3H3NO.C3H3NS.6C2H6/c1-2-4-8-7(3-1)5-6-9-8;1-2-4-6-5-3-1;2*1-2-4-5-3-1;2*1-2-5-3-4-1;6*1-2/h1-6,9H;1-5H;1-5H;1-4H;2*1-3H;6*1-2H3. The highest BCUT2D eigenvalue weighted by Gasteiger charge is 1.86. The maximum atomic E-state index is 4.58. The van der Waals surface area contributed by atoms with E-state index < -0.39 is 0 Å². The first-order chi connectivity index (χ1) is 23.5. The topological polar surface area (TPSA) is 96.5 Å². The van der Waals surface area contributed by atoms with E-state index in [4.69, 9.17) is 0 Å². The van der Waals surface area contributed by atoms with Crippen LogP contribution < -0.4 is 0 Å². The number of nitrogens with one attached hydrogen (secondary N) is 2. The number of para-hydroxylation sites is 1. The predicted octanol–water partition coefficient (Wildman–Crippen LogP) is 13.5. The Hall–Kier alpha value is -4.69. The summed E-state index contributed by atoms with van der Waals surface area (Å²) in [6.07, 6.45) is 18.7. The van der Waals surface area contributed by atoms with E-state index in [1.54, 1.807) is 54.2 Å². The molecule has 0 aliphatic rings. The summed E-state index contributed by atoms with van der Waals surface area (Å²) in [6, 6.07) is 23.6. The van der Waals surface area contributed by atoms with Crippen molar-refractivity contribution in [1.29, 1.82) is 0 Å². The van der Waals surface area contributed by atoms with Gasteiger partial charge in [-0.1, -0.05) is 107 Å². The fraction of sp³-hybridized carbons (Fsp3) is 0.308. The number of furan rings is 1. The fourth-order valence-electron chi connectivity index (χ4n) is 2.16. The van der Waals surface area contributed by atoms with E-state index in [9.17, 15) is 0 Å². The Morgan fingerprint density at radius 2 is 1.09 bits per heavy atom. The first-order valence-corrected chi connectivity index (χ1v) is 17.5. The molecule has 0 saturated carbocycles. The van der Waals surface area contributed by atoms with Gasteiger partial charge in [-0.3, -0.25) is 9.97 Å². The van der Waals surface area contributed by atoms with E-state index in [0.29, 0.717) is 0 Å². The Morgan fingerprint density at radius 1 is 0.489 bits per heavy atom. The van der Waals surface area contributed by atoms with Gasteiger partial charge < -0.3 is 18.8 Å². The molecule has 0 bridgehead atoms. The smallest absolute Gasteiger partial charge is 0.180 e. The van der Waals surface area contributed by atoms with E-state index >= 15 is 0 Å². The van der Waals surface area contributed by atoms with E-state index in [1.807, 2.05) is 162 Å². The van der Waals surface area contributed by atoms with Gasteiger partial charge in [0.15, 0.2) is 6.39 Å². The lowest BCUT2D eigenvalue weighted by Crippen LogP contribution is -1.61. The van der Waals surface area contributed by atoms with Crippen LogP contribution in [-0.4, -0.2) is 24.9 Å². The zero-order valence-electron chi connectivity index (χ0n) is 31.0. The number of hydrogen-bond donors (Lipinski definition) is 2. The molecule has 0 radical (unpaired) electrons. The molecule has 8 heteroatoms. The van der Waals surface area contributed by atoms with Crippen molar-refractivity contribution in [3.8, 4) is 0 Å². The molecule has 7 nitrogen and oxygen atoms in total. The first-order valence-electron chi connectivity index (χ1n) is 16.5. The lowest BCUT2D eigenvalue weighted by atomic mass is 10.3. The van der Waals surface area contributed by atoms with Crippen molar-refractivity contribution >= 4 is 22.2 Å². The number of aromatic nitrogens is 5. The highest BCUT2D eigenvalue weighted by molar-refractivity contribution is 7.07. The third-order valence-electron chi connectivity index (χ3n) is 3.64. The van der Waals surface area contributed by atoms with Crippen molar-refractivity contribution in [2.45, 2.75) is 83.1 Å². The lowest BCUT2D eigenvalue weighted by Gasteiger charge is -1.83. The molecule has 0 fully saturated rings. The summed E-state index contributed by atoms with van der Waals surface area (Å²) in [4.78, 5) is 17.1. The zero-order chi connectivity index (χ0) is 36.5. The van der Waals surface area contributed by atoms with Gasteiger partial charge in [0.05, 0.1) is 24.2 Å². The van der Waals surface area contributed by atoms with Crippen molar-refractivity contribution < 1.29 is 8.83 Å². The molecule has 1 aromatic carbocycles. The molecule has 2 N–H and O–H groups in total. The summed E-state index contributed by atoms with van der Waals surface area (Å²) >= 11 is 1.60. The third kappa shape index (κ3) is 43.5. The summed E-state index contributed by atoms with van der Waals surface area (Å²) in [7, 11) is 0. The SMILES string of the molecule is CC.CC.CC.CC.CC.CC.c1cc[nH]c1.c1ccc2[nH]ccc2c1.c1ccncc1.c1ccoc1.c1cocn1.c1cscn1. The van der Waals surface area contributed by atoms with Crippen LogP contribution >= 0.6 is 11.3 Å². The van der Waals surface area contributed by atoms with Gasteiger partial charge in [-0.2, -0.15) is 0 Å². The van der Waals surface area contributed by atoms with Gasteiger partial charge in [-0.05, 0) is 53.9 Å². The molecule has 7 aromatic rings. The molecule has 0 aliphatic heterocycles. The van der Waals surface area contributed by atoms with Crippen molar-refractivity contribution in [1.82, 2.24) is 24.9 Å². The molecule has 0 saturated heterocycles. The zero-order valence-corrected chi connectivity index (χ0v) is 31.8. The average Bonchev–Trinajstić information content (AvgIpc) is 4.06. The van der Waals surface area contributed by atoms with Crippen LogP contribution in [0, 0.1) is 0 Å². The fourth-order valence-corrected chi connectivity index (χ4v) is 2.51. The third-order valence-corrected chi connectivity index (χ3v) is 4.17. The Balaban J connectivity index is -0.000000143. The second kappa shape index (κ2) is 57.0. The molecule has 0 atom stereocenters. The van der Waals surface area contributed by atoms with Gasteiger partial charge in [0.2, 0.25) is 0 Å². The van der Waals surface area contributed by atoms with Gasteiger partial charge in [0.1, 0.15) is 6.26 Å². The van der Waals surface area contributed by atoms with Gasteiger partial charge >= 0.3 is 0 Å². The molecule has 262 valence electrons. The van der Waals surface area contributed by atoms with Crippen LogP contribution in [0.5, 0.6) is 0 Å². The molecule has 0 aliphatic carbocycles. The Bertz CT molecular complexity index is 1010. The highest BCUT2D eigenvalue weighted by Crippen LogP contribution is 2.09.